The van der Waals surface area contributed by atoms with Gasteiger partial charge in [-0.2, -0.15) is 5.10 Å². The minimum atomic E-state index is -0.0924. The maximum Gasteiger partial charge on any atom is 0.105 e. The monoisotopic (exact) mass is 192 g/mol. The molecule has 2 N–H and O–H groups in total. The molecule has 0 unspecified atom stereocenters. The molecule has 0 aliphatic carbocycles. The van der Waals surface area contributed by atoms with Crippen molar-refractivity contribution in [1.29, 1.82) is 0 Å². The van der Waals surface area contributed by atoms with Crippen molar-refractivity contribution < 1.29 is 0 Å². The van der Waals surface area contributed by atoms with Crippen molar-refractivity contribution in [3.8, 4) is 5.69 Å². The van der Waals surface area contributed by atoms with Crippen LogP contribution in [0.3, 0.4) is 0 Å². The zero-order chi connectivity index (χ0) is 10.1. The zero-order valence-electron chi connectivity index (χ0n) is 8.12. The fourth-order valence-electron chi connectivity index (χ4n) is 1.27. The zero-order valence-corrected chi connectivity index (χ0v) is 8.12. The number of aromatic nitrogens is 5. The molecule has 0 radical (unpaired) electrons. The number of rotatable bonds is 2. The molecule has 0 aliphatic heterocycles. The molecule has 0 aliphatic rings. The summed E-state index contributed by atoms with van der Waals surface area (Å²) in [6, 6.07) is -0.0924. The Bertz CT molecular complexity index is 426. The molecule has 0 aromatic carbocycles. The average Bonchev–Trinajstić information content (AvgIpc) is 2.70. The molecule has 6 nitrogen and oxygen atoms in total. The van der Waals surface area contributed by atoms with E-state index in [0.717, 1.165) is 11.4 Å². The van der Waals surface area contributed by atoms with Crippen molar-refractivity contribution in [2.45, 2.75) is 13.0 Å². The highest BCUT2D eigenvalue weighted by Gasteiger charge is 2.10. The normalized spacial score (nSPS) is 13.1. The largest absolute Gasteiger partial charge is 0.323 e. The third-order valence-electron chi connectivity index (χ3n) is 1.98. The number of aryl methyl sites for hydroxylation is 1. The standard InChI is InChI=1S/C8H12N6/c1-6(9)8-4-10-12-14(8)7-3-11-13(2)5-7/h3-6H,9H2,1-2H3/t6-/m0/s1. The quantitative estimate of drug-likeness (QED) is 0.728. The molecule has 0 saturated heterocycles. The van der Waals surface area contributed by atoms with Gasteiger partial charge in [-0.25, -0.2) is 4.68 Å². The predicted octanol–water partition coefficient (Wildman–Crippen LogP) is 0.0205. The van der Waals surface area contributed by atoms with Crippen LogP contribution in [0.25, 0.3) is 5.69 Å². The van der Waals surface area contributed by atoms with Crippen molar-refractivity contribution in [3.63, 3.8) is 0 Å². The third-order valence-corrected chi connectivity index (χ3v) is 1.98. The first-order chi connectivity index (χ1) is 6.68. The smallest absolute Gasteiger partial charge is 0.105 e. The molecule has 74 valence electrons. The highest BCUT2D eigenvalue weighted by molar-refractivity contribution is 5.26. The van der Waals surface area contributed by atoms with Crippen LogP contribution in [0.1, 0.15) is 18.7 Å². The highest BCUT2D eigenvalue weighted by Crippen LogP contribution is 2.12. The molecule has 2 aromatic heterocycles. The average molecular weight is 192 g/mol. The van der Waals surface area contributed by atoms with Gasteiger partial charge in [0.25, 0.3) is 0 Å². The molecule has 0 fully saturated rings. The molecule has 0 amide bonds. The van der Waals surface area contributed by atoms with E-state index in [1.807, 2.05) is 20.2 Å². The fourth-order valence-corrected chi connectivity index (χ4v) is 1.27. The summed E-state index contributed by atoms with van der Waals surface area (Å²) >= 11 is 0. The van der Waals surface area contributed by atoms with E-state index in [1.54, 1.807) is 21.8 Å². The van der Waals surface area contributed by atoms with Crippen molar-refractivity contribution in [3.05, 3.63) is 24.3 Å². The molecule has 2 rings (SSSR count). The van der Waals surface area contributed by atoms with Crippen LogP contribution in [-0.2, 0) is 7.05 Å². The predicted molar refractivity (Wildman–Crippen MR) is 50.7 cm³/mol. The van der Waals surface area contributed by atoms with E-state index in [9.17, 15) is 0 Å². The van der Waals surface area contributed by atoms with Crippen LogP contribution in [0.15, 0.2) is 18.6 Å². The van der Waals surface area contributed by atoms with Gasteiger partial charge < -0.3 is 5.73 Å². The summed E-state index contributed by atoms with van der Waals surface area (Å²) < 4.78 is 3.40. The van der Waals surface area contributed by atoms with Gasteiger partial charge in [-0.15, -0.1) is 5.10 Å². The molecule has 0 spiro atoms. The van der Waals surface area contributed by atoms with Crippen LogP contribution in [0.5, 0.6) is 0 Å². The maximum absolute atomic E-state index is 5.78. The van der Waals surface area contributed by atoms with Gasteiger partial charge >= 0.3 is 0 Å². The first kappa shape index (κ1) is 8.89. The van der Waals surface area contributed by atoms with E-state index in [4.69, 9.17) is 5.73 Å². The van der Waals surface area contributed by atoms with E-state index < -0.39 is 0 Å². The number of nitrogens with two attached hydrogens (primary N) is 1. The molecule has 2 aromatic rings. The highest BCUT2D eigenvalue weighted by atomic mass is 15.4. The number of nitrogens with zero attached hydrogens (tertiary/aromatic N) is 5. The minimum absolute atomic E-state index is 0.0924. The molecule has 0 saturated carbocycles. The Kier molecular flexibility index (Phi) is 2.05. The summed E-state index contributed by atoms with van der Waals surface area (Å²) in [4.78, 5) is 0. The first-order valence-corrected chi connectivity index (χ1v) is 4.33. The fraction of sp³-hybridized carbons (Fsp3) is 0.375. The minimum Gasteiger partial charge on any atom is -0.323 e. The lowest BCUT2D eigenvalue weighted by Gasteiger charge is -2.05. The van der Waals surface area contributed by atoms with E-state index in [-0.39, 0.29) is 6.04 Å². The van der Waals surface area contributed by atoms with E-state index >= 15 is 0 Å². The van der Waals surface area contributed by atoms with Gasteiger partial charge in [0, 0.05) is 13.1 Å². The van der Waals surface area contributed by atoms with Crippen molar-refractivity contribution >= 4 is 0 Å². The Hall–Kier alpha value is -1.69. The topological polar surface area (TPSA) is 74.6 Å². The van der Waals surface area contributed by atoms with Gasteiger partial charge in [0.2, 0.25) is 0 Å². The van der Waals surface area contributed by atoms with Crippen LogP contribution >= 0.6 is 0 Å². The summed E-state index contributed by atoms with van der Waals surface area (Å²) in [5.74, 6) is 0. The van der Waals surface area contributed by atoms with Crippen molar-refractivity contribution in [2.75, 3.05) is 0 Å². The van der Waals surface area contributed by atoms with Crippen LogP contribution < -0.4 is 5.73 Å². The van der Waals surface area contributed by atoms with E-state index in [0.29, 0.717) is 0 Å². The molecule has 1 atom stereocenters. The van der Waals surface area contributed by atoms with E-state index in [1.165, 1.54) is 0 Å². The lowest BCUT2D eigenvalue weighted by molar-refractivity contribution is 0.696. The number of hydrogen-bond acceptors (Lipinski definition) is 4. The Labute approximate surface area is 81.3 Å². The van der Waals surface area contributed by atoms with Crippen LogP contribution in [0.4, 0.5) is 0 Å². The van der Waals surface area contributed by atoms with Gasteiger partial charge in [0.1, 0.15) is 5.69 Å². The SMILES string of the molecule is C[C@H](N)c1cnnn1-c1cnn(C)c1. The summed E-state index contributed by atoms with van der Waals surface area (Å²) in [6.45, 7) is 1.89. The second kappa shape index (κ2) is 3.22. The number of hydrogen-bond donors (Lipinski definition) is 1. The maximum atomic E-state index is 5.78. The summed E-state index contributed by atoms with van der Waals surface area (Å²) in [5.41, 5.74) is 7.52. The molecular formula is C8H12N6. The van der Waals surface area contributed by atoms with Gasteiger partial charge in [-0.05, 0) is 6.92 Å². The molecular weight excluding hydrogens is 180 g/mol. The molecule has 0 bridgehead atoms. The lowest BCUT2D eigenvalue weighted by atomic mass is 10.3. The summed E-state index contributed by atoms with van der Waals surface area (Å²) in [6.07, 6.45) is 5.25. The van der Waals surface area contributed by atoms with E-state index in [2.05, 4.69) is 15.4 Å². The second-order valence-corrected chi connectivity index (χ2v) is 3.23. The van der Waals surface area contributed by atoms with Gasteiger partial charge in [0.15, 0.2) is 0 Å². The first-order valence-electron chi connectivity index (χ1n) is 4.33. The Morgan fingerprint density at radius 3 is 2.79 bits per heavy atom. The van der Waals surface area contributed by atoms with Gasteiger partial charge in [-0.1, -0.05) is 5.21 Å². The molecule has 2 heterocycles. The Morgan fingerprint density at radius 2 is 2.21 bits per heavy atom. The van der Waals surface area contributed by atoms with Gasteiger partial charge in [-0.3, -0.25) is 4.68 Å². The van der Waals surface area contributed by atoms with Crippen LogP contribution in [0, 0.1) is 0 Å². The second-order valence-electron chi connectivity index (χ2n) is 3.23. The van der Waals surface area contributed by atoms with Gasteiger partial charge in [0.05, 0.1) is 24.3 Å². The molecule has 14 heavy (non-hydrogen) atoms. The Morgan fingerprint density at radius 1 is 1.43 bits per heavy atom. The van der Waals surface area contributed by atoms with Crippen LogP contribution in [0.2, 0.25) is 0 Å². The Balaban J connectivity index is 2.46. The lowest BCUT2D eigenvalue weighted by Crippen LogP contribution is -2.11. The summed E-state index contributed by atoms with van der Waals surface area (Å²) in [5, 5.41) is 11.8. The third kappa shape index (κ3) is 1.39. The van der Waals surface area contributed by atoms with Crippen LogP contribution in [-0.4, -0.2) is 24.8 Å². The van der Waals surface area contributed by atoms with Crippen molar-refractivity contribution in [2.24, 2.45) is 12.8 Å². The molecule has 6 heteroatoms. The summed E-state index contributed by atoms with van der Waals surface area (Å²) in [7, 11) is 1.85. The van der Waals surface area contributed by atoms with Crippen molar-refractivity contribution in [1.82, 2.24) is 24.8 Å².